The molecule has 1 heterocycles. The van der Waals surface area contributed by atoms with E-state index in [-0.39, 0.29) is 17.4 Å². The molecule has 1 aliphatic heterocycles. The minimum absolute atomic E-state index is 0.102. The largest absolute Gasteiger partial charge is 0.311 e. The molecule has 1 aromatic rings. The number of nitrogens with one attached hydrogen (secondary N) is 1. The standard InChI is InChI=1S/C14H18FNO/c1-10-5-4-6-11(16-10)9-14(17)12-7-2-3-8-13(12)15/h2-3,7-8,10-11,16H,4-6,9H2,1H3. The van der Waals surface area contributed by atoms with Gasteiger partial charge >= 0.3 is 0 Å². The van der Waals surface area contributed by atoms with Crippen molar-refractivity contribution in [1.29, 1.82) is 0 Å². The molecule has 2 nitrogen and oxygen atoms in total. The van der Waals surface area contributed by atoms with Gasteiger partial charge in [0, 0.05) is 18.5 Å². The van der Waals surface area contributed by atoms with Gasteiger partial charge in [0.25, 0.3) is 0 Å². The Hall–Kier alpha value is -1.22. The molecule has 0 aliphatic carbocycles. The summed E-state index contributed by atoms with van der Waals surface area (Å²) in [6.07, 6.45) is 3.70. The molecule has 2 unspecified atom stereocenters. The minimum Gasteiger partial charge on any atom is -0.311 e. The summed E-state index contributed by atoms with van der Waals surface area (Å²) in [4.78, 5) is 12.0. The smallest absolute Gasteiger partial charge is 0.167 e. The highest BCUT2D eigenvalue weighted by molar-refractivity contribution is 5.96. The van der Waals surface area contributed by atoms with Crippen LogP contribution in [0.1, 0.15) is 43.0 Å². The molecular weight excluding hydrogens is 217 g/mol. The Balaban J connectivity index is 1.99. The van der Waals surface area contributed by atoms with Crippen LogP contribution in [0.15, 0.2) is 24.3 Å². The van der Waals surface area contributed by atoms with Crippen LogP contribution < -0.4 is 5.32 Å². The maximum atomic E-state index is 13.4. The van der Waals surface area contributed by atoms with Crippen LogP contribution in [-0.4, -0.2) is 17.9 Å². The van der Waals surface area contributed by atoms with Crippen molar-refractivity contribution in [1.82, 2.24) is 5.32 Å². The second-order valence-corrected chi connectivity index (χ2v) is 4.80. The van der Waals surface area contributed by atoms with Gasteiger partial charge in [-0.2, -0.15) is 0 Å². The van der Waals surface area contributed by atoms with Gasteiger partial charge < -0.3 is 5.32 Å². The van der Waals surface area contributed by atoms with Gasteiger partial charge in [0.2, 0.25) is 0 Å². The molecule has 0 spiro atoms. The lowest BCUT2D eigenvalue weighted by Crippen LogP contribution is -2.41. The normalized spacial score (nSPS) is 24.6. The Labute approximate surface area is 101 Å². The van der Waals surface area contributed by atoms with Gasteiger partial charge in [0.1, 0.15) is 5.82 Å². The lowest BCUT2D eigenvalue weighted by atomic mass is 9.94. The van der Waals surface area contributed by atoms with Gasteiger partial charge in [-0.15, -0.1) is 0 Å². The van der Waals surface area contributed by atoms with Gasteiger partial charge in [-0.05, 0) is 31.9 Å². The van der Waals surface area contributed by atoms with E-state index < -0.39 is 5.82 Å². The Kier molecular flexibility index (Phi) is 3.89. The van der Waals surface area contributed by atoms with E-state index in [2.05, 4.69) is 12.2 Å². The molecule has 0 radical (unpaired) electrons. The van der Waals surface area contributed by atoms with Crippen LogP contribution in [-0.2, 0) is 0 Å². The number of benzene rings is 1. The summed E-state index contributed by atoms with van der Waals surface area (Å²) >= 11 is 0. The van der Waals surface area contributed by atoms with Crippen molar-refractivity contribution >= 4 is 5.78 Å². The van der Waals surface area contributed by atoms with Crippen LogP contribution in [0.2, 0.25) is 0 Å². The lowest BCUT2D eigenvalue weighted by molar-refractivity contribution is 0.0956. The Bertz CT molecular complexity index is 405. The summed E-state index contributed by atoms with van der Waals surface area (Å²) in [6.45, 7) is 2.12. The van der Waals surface area contributed by atoms with Crippen molar-refractivity contribution < 1.29 is 9.18 Å². The van der Waals surface area contributed by atoms with E-state index in [1.165, 1.54) is 6.07 Å². The molecule has 1 fully saturated rings. The number of halogens is 1. The van der Waals surface area contributed by atoms with Gasteiger partial charge in [-0.3, -0.25) is 4.79 Å². The molecule has 0 amide bonds. The molecule has 1 aliphatic rings. The number of hydrogen-bond acceptors (Lipinski definition) is 2. The SMILES string of the molecule is CC1CCCC(CC(=O)c2ccccc2F)N1. The molecule has 17 heavy (non-hydrogen) atoms. The zero-order valence-corrected chi connectivity index (χ0v) is 10.1. The van der Waals surface area contributed by atoms with E-state index in [0.29, 0.717) is 12.5 Å². The maximum Gasteiger partial charge on any atom is 0.167 e. The molecule has 1 aromatic carbocycles. The summed E-state index contributed by atoms with van der Waals surface area (Å²) in [6, 6.07) is 6.86. The Morgan fingerprint density at radius 1 is 1.41 bits per heavy atom. The molecule has 2 rings (SSSR count). The molecule has 3 heteroatoms. The third-order valence-corrected chi connectivity index (χ3v) is 3.32. The molecule has 2 atom stereocenters. The van der Waals surface area contributed by atoms with Crippen molar-refractivity contribution in [2.45, 2.75) is 44.7 Å². The third-order valence-electron chi connectivity index (χ3n) is 3.32. The molecule has 0 aromatic heterocycles. The van der Waals surface area contributed by atoms with E-state index in [1.807, 2.05) is 0 Å². The van der Waals surface area contributed by atoms with Crippen LogP contribution in [0.3, 0.4) is 0 Å². The number of carbonyl (C=O) groups is 1. The van der Waals surface area contributed by atoms with Crippen molar-refractivity contribution in [3.05, 3.63) is 35.6 Å². The number of ketones is 1. The quantitative estimate of drug-likeness (QED) is 0.816. The fourth-order valence-corrected chi connectivity index (χ4v) is 2.42. The van der Waals surface area contributed by atoms with Gasteiger partial charge in [0.15, 0.2) is 5.78 Å². The van der Waals surface area contributed by atoms with E-state index in [9.17, 15) is 9.18 Å². The maximum absolute atomic E-state index is 13.4. The van der Waals surface area contributed by atoms with E-state index in [4.69, 9.17) is 0 Å². The van der Waals surface area contributed by atoms with Crippen molar-refractivity contribution in [2.75, 3.05) is 0 Å². The molecule has 1 saturated heterocycles. The molecule has 1 N–H and O–H groups in total. The molecule has 0 bridgehead atoms. The zero-order valence-electron chi connectivity index (χ0n) is 10.1. The average Bonchev–Trinajstić information content (AvgIpc) is 2.29. The highest BCUT2D eigenvalue weighted by Gasteiger charge is 2.22. The summed E-state index contributed by atoms with van der Waals surface area (Å²) in [5, 5.41) is 3.39. The van der Waals surface area contributed by atoms with E-state index in [0.717, 1.165) is 19.3 Å². The monoisotopic (exact) mass is 235 g/mol. The molecule has 92 valence electrons. The molecule has 0 saturated carbocycles. The van der Waals surface area contributed by atoms with Gasteiger partial charge in [-0.1, -0.05) is 18.6 Å². The zero-order chi connectivity index (χ0) is 12.3. The molecular formula is C14H18FNO. The minimum atomic E-state index is -0.415. The first-order valence-corrected chi connectivity index (χ1v) is 6.20. The van der Waals surface area contributed by atoms with Gasteiger partial charge in [0.05, 0.1) is 5.56 Å². The Morgan fingerprint density at radius 3 is 2.88 bits per heavy atom. The number of hydrogen-bond donors (Lipinski definition) is 1. The summed E-state index contributed by atoms with van der Waals surface area (Å²) in [5.41, 5.74) is 0.215. The summed E-state index contributed by atoms with van der Waals surface area (Å²) in [5.74, 6) is -0.518. The van der Waals surface area contributed by atoms with Crippen molar-refractivity contribution in [3.63, 3.8) is 0 Å². The van der Waals surface area contributed by atoms with Crippen LogP contribution in [0.4, 0.5) is 4.39 Å². The lowest BCUT2D eigenvalue weighted by Gasteiger charge is -2.28. The fourth-order valence-electron chi connectivity index (χ4n) is 2.42. The van der Waals surface area contributed by atoms with Crippen molar-refractivity contribution in [3.8, 4) is 0 Å². The number of Topliss-reactive ketones (excluding diaryl/α,β-unsaturated/α-hetero) is 1. The first-order valence-electron chi connectivity index (χ1n) is 6.20. The van der Waals surface area contributed by atoms with E-state index >= 15 is 0 Å². The first-order chi connectivity index (χ1) is 8.16. The number of piperidine rings is 1. The van der Waals surface area contributed by atoms with Crippen LogP contribution in [0.25, 0.3) is 0 Å². The number of carbonyl (C=O) groups excluding carboxylic acids is 1. The first kappa shape index (κ1) is 12.2. The van der Waals surface area contributed by atoms with Crippen LogP contribution in [0.5, 0.6) is 0 Å². The highest BCUT2D eigenvalue weighted by atomic mass is 19.1. The average molecular weight is 235 g/mol. The number of rotatable bonds is 3. The van der Waals surface area contributed by atoms with Crippen LogP contribution >= 0.6 is 0 Å². The predicted molar refractivity (Wildman–Crippen MR) is 65.6 cm³/mol. The summed E-state index contributed by atoms with van der Waals surface area (Å²) < 4.78 is 13.4. The second kappa shape index (κ2) is 5.41. The van der Waals surface area contributed by atoms with Gasteiger partial charge in [-0.25, -0.2) is 4.39 Å². The van der Waals surface area contributed by atoms with Crippen molar-refractivity contribution in [2.24, 2.45) is 0 Å². The Morgan fingerprint density at radius 2 is 2.18 bits per heavy atom. The highest BCUT2D eigenvalue weighted by Crippen LogP contribution is 2.18. The topological polar surface area (TPSA) is 29.1 Å². The summed E-state index contributed by atoms with van der Waals surface area (Å²) in [7, 11) is 0. The third kappa shape index (κ3) is 3.13. The van der Waals surface area contributed by atoms with Crippen LogP contribution in [0, 0.1) is 5.82 Å². The second-order valence-electron chi connectivity index (χ2n) is 4.80. The van der Waals surface area contributed by atoms with E-state index in [1.54, 1.807) is 18.2 Å². The fraction of sp³-hybridized carbons (Fsp3) is 0.500. The predicted octanol–water partition coefficient (Wildman–Crippen LogP) is 2.93.